The molecule has 1 aromatic rings. The van der Waals surface area contributed by atoms with Crippen LogP contribution in [0.2, 0.25) is 0 Å². The Hall–Kier alpha value is -1.88. The molecular weight excluding hydrogens is 266 g/mol. The number of rotatable bonds is 2. The third-order valence-electron chi connectivity index (χ3n) is 4.64. The van der Waals surface area contributed by atoms with Gasteiger partial charge in [0, 0.05) is 18.3 Å². The van der Waals surface area contributed by atoms with Crippen molar-refractivity contribution >= 4 is 17.5 Å². The minimum Gasteiger partial charge on any atom is -0.335 e. The molecule has 2 fully saturated rings. The van der Waals surface area contributed by atoms with Gasteiger partial charge in [0.25, 0.3) is 0 Å². The standard InChI is InChI=1S/C16H21N3O2/c1-18-10-15(21)19(11-14(18)20)13-6-4-12(5-7-13)16(17)8-2-3-9-16/h4-7H,2-3,8-11,17H2,1H3. The Bertz CT molecular complexity index is 561. The molecule has 2 N–H and O–H groups in total. The van der Waals surface area contributed by atoms with E-state index in [-0.39, 0.29) is 30.4 Å². The van der Waals surface area contributed by atoms with Crippen molar-refractivity contribution in [3.63, 3.8) is 0 Å². The van der Waals surface area contributed by atoms with Gasteiger partial charge in [0.1, 0.15) is 6.54 Å². The number of nitrogens with two attached hydrogens (primary N) is 1. The summed E-state index contributed by atoms with van der Waals surface area (Å²) in [6.07, 6.45) is 4.37. The molecule has 1 aromatic carbocycles. The van der Waals surface area contributed by atoms with E-state index in [2.05, 4.69) is 0 Å². The highest BCUT2D eigenvalue weighted by molar-refractivity contribution is 6.04. The highest BCUT2D eigenvalue weighted by Gasteiger charge is 2.32. The lowest BCUT2D eigenvalue weighted by Gasteiger charge is -2.32. The van der Waals surface area contributed by atoms with E-state index in [9.17, 15) is 9.59 Å². The zero-order chi connectivity index (χ0) is 15.0. The molecule has 0 spiro atoms. The predicted octanol–water partition coefficient (Wildman–Crippen LogP) is 1.22. The molecule has 5 nitrogen and oxygen atoms in total. The first kappa shape index (κ1) is 14.1. The molecular formula is C16H21N3O2. The quantitative estimate of drug-likeness (QED) is 0.889. The van der Waals surface area contributed by atoms with Crippen molar-refractivity contribution in [2.45, 2.75) is 31.2 Å². The lowest BCUT2D eigenvalue weighted by atomic mass is 9.89. The lowest BCUT2D eigenvalue weighted by molar-refractivity contribution is -0.136. The molecule has 0 radical (unpaired) electrons. The van der Waals surface area contributed by atoms with Gasteiger partial charge in [0.2, 0.25) is 11.8 Å². The van der Waals surface area contributed by atoms with E-state index >= 15 is 0 Å². The molecule has 1 aliphatic heterocycles. The topological polar surface area (TPSA) is 66.6 Å². The molecule has 3 rings (SSSR count). The molecule has 2 amide bonds. The second-order valence-corrected chi connectivity index (χ2v) is 6.14. The SMILES string of the molecule is CN1CC(=O)N(c2ccc(C3(N)CCCC3)cc2)CC1=O. The van der Waals surface area contributed by atoms with Crippen LogP contribution in [0.1, 0.15) is 31.2 Å². The van der Waals surface area contributed by atoms with Gasteiger partial charge in [0.15, 0.2) is 0 Å². The minimum absolute atomic E-state index is 0.0373. The maximum absolute atomic E-state index is 12.1. The Morgan fingerprint density at radius 1 is 1.00 bits per heavy atom. The molecule has 5 heteroatoms. The fraction of sp³-hybridized carbons (Fsp3) is 0.500. The van der Waals surface area contributed by atoms with Gasteiger partial charge in [-0.15, -0.1) is 0 Å². The summed E-state index contributed by atoms with van der Waals surface area (Å²) < 4.78 is 0. The van der Waals surface area contributed by atoms with Crippen LogP contribution in [0.15, 0.2) is 24.3 Å². The van der Waals surface area contributed by atoms with Crippen LogP contribution in [0.3, 0.4) is 0 Å². The van der Waals surface area contributed by atoms with Crippen molar-refractivity contribution in [3.8, 4) is 0 Å². The maximum Gasteiger partial charge on any atom is 0.247 e. The maximum atomic E-state index is 12.1. The van der Waals surface area contributed by atoms with E-state index in [0.717, 1.165) is 24.1 Å². The second-order valence-electron chi connectivity index (χ2n) is 6.14. The predicted molar refractivity (Wildman–Crippen MR) is 80.8 cm³/mol. The molecule has 1 heterocycles. The van der Waals surface area contributed by atoms with Crippen molar-refractivity contribution in [1.29, 1.82) is 0 Å². The van der Waals surface area contributed by atoms with E-state index in [4.69, 9.17) is 5.73 Å². The van der Waals surface area contributed by atoms with Crippen LogP contribution in [0.5, 0.6) is 0 Å². The second kappa shape index (κ2) is 5.15. The van der Waals surface area contributed by atoms with Crippen LogP contribution < -0.4 is 10.6 Å². The van der Waals surface area contributed by atoms with Crippen molar-refractivity contribution in [2.24, 2.45) is 5.73 Å². The summed E-state index contributed by atoms with van der Waals surface area (Å²) in [5, 5.41) is 0. The van der Waals surface area contributed by atoms with Gasteiger partial charge in [-0.25, -0.2) is 0 Å². The van der Waals surface area contributed by atoms with Gasteiger partial charge < -0.3 is 15.5 Å². The Morgan fingerprint density at radius 2 is 1.62 bits per heavy atom. The van der Waals surface area contributed by atoms with Crippen LogP contribution in [-0.4, -0.2) is 36.9 Å². The first-order chi connectivity index (χ1) is 9.99. The number of hydrogen-bond donors (Lipinski definition) is 1. The number of carbonyl (C=O) groups is 2. The number of anilines is 1. The first-order valence-electron chi connectivity index (χ1n) is 7.43. The highest BCUT2D eigenvalue weighted by atomic mass is 16.2. The van der Waals surface area contributed by atoms with Gasteiger partial charge in [-0.2, -0.15) is 0 Å². The number of benzene rings is 1. The third kappa shape index (κ3) is 2.53. The summed E-state index contributed by atoms with van der Waals surface area (Å²) in [6.45, 7) is 0.254. The average Bonchev–Trinajstić information content (AvgIpc) is 2.91. The summed E-state index contributed by atoms with van der Waals surface area (Å²) >= 11 is 0. The first-order valence-corrected chi connectivity index (χ1v) is 7.43. The molecule has 1 aliphatic carbocycles. The van der Waals surface area contributed by atoms with Crippen molar-refractivity contribution in [3.05, 3.63) is 29.8 Å². The molecule has 0 bridgehead atoms. The smallest absolute Gasteiger partial charge is 0.247 e. The van der Waals surface area contributed by atoms with Crippen LogP contribution in [0.25, 0.3) is 0 Å². The van der Waals surface area contributed by atoms with E-state index in [1.54, 1.807) is 11.9 Å². The van der Waals surface area contributed by atoms with Crippen molar-refractivity contribution in [2.75, 3.05) is 25.0 Å². The van der Waals surface area contributed by atoms with E-state index in [1.165, 1.54) is 17.7 Å². The Labute approximate surface area is 124 Å². The fourth-order valence-corrected chi connectivity index (χ4v) is 3.22. The molecule has 1 saturated heterocycles. The number of piperazine rings is 1. The molecule has 1 saturated carbocycles. The third-order valence-corrected chi connectivity index (χ3v) is 4.64. The van der Waals surface area contributed by atoms with Crippen molar-refractivity contribution in [1.82, 2.24) is 4.90 Å². The van der Waals surface area contributed by atoms with Gasteiger partial charge in [-0.1, -0.05) is 25.0 Å². The van der Waals surface area contributed by atoms with Crippen LogP contribution in [0.4, 0.5) is 5.69 Å². The normalized spacial score (nSPS) is 22.0. The summed E-state index contributed by atoms with van der Waals surface area (Å²) in [5.74, 6) is -0.0852. The number of carbonyl (C=O) groups excluding carboxylic acids is 2. The van der Waals surface area contributed by atoms with E-state index < -0.39 is 0 Å². The minimum atomic E-state index is -0.222. The number of hydrogen-bond acceptors (Lipinski definition) is 3. The molecule has 0 aromatic heterocycles. The molecule has 0 atom stereocenters. The Kier molecular flexibility index (Phi) is 3.45. The summed E-state index contributed by atoms with van der Waals surface area (Å²) in [6, 6.07) is 7.80. The average molecular weight is 287 g/mol. The van der Waals surface area contributed by atoms with Gasteiger partial charge in [-0.3, -0.25) is 9.59 Å². The van der Waals surface area contributed by atoms with Crippen LogP contribution in [0, 0.1) is 0 Å². The number of nitrogens with zero attached hydrogens (tertiary/aromatic N) is 2. The largest absolute Gasteiger partial charge is 0.335 e. The van der Waals surface area contributed by atoms with Gasteiger partial charge in [0.05, 0.1) is 6.54 Å². The molecule has 2 aliphatic rings. The monoisotopic (exact) mass is 287 g/mol. The Balaban J connectivity index is 1.81. The molecule has 21 heavy (non-hydrogen) atoms. The molecule has 112 valence electrons. The fourth-order valence-electron chi connectivity index (χ4n) is 3.22. The van der Waals surface area contributed by atoms with Crippen molar-refractivity contribution < 1.29 is 9.59 Å². The van der Waals surface area contributed by atoms with Gasteiger partial charge in [-0.05, 0) is 30.5 Å². The summed E-state index contributed by atoms with van der Waals surface area (Å²) in [7, 11) is 1.65. The molecule has 0 unspecified atom stereocenters. The highest BCUT2D eigenvalue weighted by Crippen LogP contribution is 2.36. The zero-order valence-electron chi connectivity index (χ0n) is 12.3. The van der Waals surface area contributed by atoms with E-state index in [1.807, 2.05) is 24.3 Å². The van der Waals surface area contributed by atoms with Crippen LogP contribution >= 0.6 is 0 Å². The Morgan fingerprint density at radius 3 is 2.24 bits per heavy atom. The lowest BCUT2D eigenvalue weighted by Crippen LogP contribution is -2.52. The van der Waals surface area contributed by atoms with E-state index in [0.29, 0.717) is 0 Å². The summed E-state index contributed by atoms with van der Waals surface area (Å²) in [5.41, 5.74) is 8.11. The number of amides is 2. The van der Waals surface area contributed by atoms with Crippen LogP contribution in [-0.2, 0) is 15.1 Å². The van der Waals surface area contributed by atoms with Gasteiger partial charge >= 0.3 is 0 Å². The number of likely N-dealkylation sites (N-methyl/N-ethyl adjacent to an activating group) is 1. The zero-order valence-corrected chi connectivity index (χ0v) is 12.3. The summed E-state index contributed by atoms with van der Waals surface area (Å²) in [4.78, 5) is 26.8.